The molecule has 1 heterocycles. The summed E-state index contributed by atoms with van der Waals surface area (Å²) in [6, 6.07) is 8.63. The first-order chi connectivity index (χ1) is 9.13. The van der Waals surface area contributed by atoms with Gasteiger partial charge >= 0.3 is 0 Å². The number of hydrogen-bond acceptors (Lipinski definition) is 4. The highest BCUT2D eigenvalue weighted by molar-refractivity contribution is 9.10. The van der Waals surface area contributed by atoms with E-state index in [0.29, 0.717) is 17.1 Å². The Kier molecular flexibility index (Phi) is 4.35. The van der Waals surface area contributed by atoms with E-state index < -0.39 is 0 Å². The third kappa shape index (κ3) is 4.26. The van der Waals surface area contributed by atoms with Crippen molar-refractivity contribution >= 4 is 33.2 Å². The molecule has 0 saturated carbocycles. The lowest BCUT2D eigenvalue weighted by molar-refractivity contribution is -0.118. The fourth-order valence-corrected chi connectivity index (χ4v) is 1.73. The van der Waals surface area contributed by atoms with E-state index in [1.807, 2.05) is 0 Å². The first-order valence-electron chi connectivity index (χ1n) is 5.52. The number of rotatable bonds is 4. The summed E-state index contributed by atoms with van der Waals surface area (Å²) in [6.07, 6.45) is 3.18. The topological polar surface area (TPSA) is 77.2 Å². The summed E-state index contributed by atoms with van der Waals surface area (Å²) in [5.41, 5.74) is 6.88. The molecule has 1 aromatic carbocycles. The first kappa shape index (κ1) is 13.4. The monoisotopic (exact) mass is 321 g/mol. The number of aromatic nitrogens is 1. The molecule has 0 saturated heterocycles. The van der Waals surface area contributed by atoms with E-state index >= 15 is 0 Å². The van der Waals surface area contributed by atoms with Crippen molar-refractivity contribution in [1.29, 1.82) is 0 Å². The Morgan fingerprint density at radius 2 is 2.05 bits per heavy atom. The quantitative estimate of drug-likeness (QED) is 0.848. The van der Waals surface area contributed by atoms with Crippen LogP contribution < -0.4 is 15.8 Å². The second-order valence-electron chi connectivity index (χ2n) is 3.80. The van der Waals surface area contributed by atoms with E-state index in [0.717, 1.165) is 4.47 Å². The van der Waals surface area contributed by atoms with Crippen LogP contribution in [0.5, 0.6) is 5.75 Å². The summed E-state index contributed by atoms with van der Waals surface area (Å²) >= 11 is 3.27. The summed E-state index contributed by atoms with van der Waals surface area (Å²) in [4.78, 5) is 15.6. The number of carbonyl (C=O) groups excluding carboxylic acids is 1. The molecule has 3 N–H and O–H groups in total. The van der Waals surface area contributed by atoms with Crippen LogP contribution in [0, 0.1) is 0 Å². The van der Waals surface area contributed by atoms with E-state index in [9.17, 15) is 4.79 Å². The summed E-state index contributed by atoms with van der Waals surface area (Å²) < 4.78 is 6.11. The smallest absolute Gasteiger partial charge is 0.262 e. The highest BCUT2D eigenvalue weighted by atomic mass is 79.9. The summed E-state index contributed by atoms with van der Waals surface area (Å²) in [7, 11) is 0. The second kappa shape index (κ2) is 6.19. The number of nitrogens with zero attached hydrogens (tertiary/aromatic N) is 1. The largest absolute Gasteiger partial charge is 0.482 e. The molecule has 98 valence electrons. The van der Waals surface area contributed by atoms with Gasteiger partial charge in [-0.25, -0.2) is 0 Å². The lowest BCUT2D eigenvalue weighted by Crippen LogP contribution is -2.20. The molecule has 0 bridgehead atoms. The Morgan fingerprint density at radius 3 is 2.74 bits per heavy atom. The molecular formula is C13H12BrN3O2. The van der Waals surface area contributed by atoms with Gasteiger partial charge in [0.15, 0.2) is 6.61 Å². The summed E-state index contributed by atoms with van der Waals surface area (Å²) in [5, 5.41) is 2.70. The molecule has 0 aliphatic heterocycles. The fourth-order valence-electron chi connectivity index (χ4n) is 1.38. The van der Waals surface area contributed by atoms with E-state index in [1.165, 1.54) is 0 Å². The molecular weight excluding hydrogens is 310 g/mol. The number of halogens is 1. The molecule has 19 heavy (non-hydrogen) atoms. The van der Waals surface area contributed by atoms with Crippen molar-refractivity contribution in [2.75, 3.05) is 17.7 Å². The fraction of sp³-hybridized carbons (Fsp3) is 0.0769. The molecule has 2 aromatic rings. The number of carbonyl (C=O) groups is 1. The number of amides is 1. The van der Waals surface area contributed by atoms with Crippen LogP contribution in [0.25, 0.3) is 0 Å². The maximum atomic E-state index is 11.7. The van der Waals surface area contributed by atoms with Crippen molar-refractivity contribution < 1.29 is 9.53 Å². The Labute approximate surface area is 118 Å². The lowest BCUT2D eigenvalue weighted by Gasteiger charge is -2.07. The average molecular weight is 322 g/mol. The van der Waals surface area contributed by atoms with Crippen molar-refractivity contribution in [2.45, 2.75) is 0 Å². The van der Waals surface area contributed by atoms with Gasteiger partial charge in [-0.15, -0.1) is 0 Å². The Morgan fingerprint density at radius 1 is 1.32 bits per heavy atom. The van der Waals surface area contributed by atoms with Crippen molar-refractivity contribution in [1.82, 2.24) is 4.98 Å². The number of benzene rings is 1. The van der Waals surface area contributed by atoms with Gasteiger partial charge in [0.25, 0.3) is 5.91 Å². The van der Waals surface area contributed by atoms with Crippen molar-refractivity contribution in [3.05, 3.63) is 47.2 Å². The number of ether oxygens (including phenoxy) is 1. The zero-order chi connectivity index (χ0) is 13.7. The third-order valence-electron chi connectivity index (χ3n) is 2.24. The van der Waals surface area contributed by atoms with Crippen LogP contribution in [0.1, 0.15) is 0 Å². The van der Waals surface area contributed by atoms with E-state index in [2.05, 4.69) is 26.2 Å². The molecule has 0 radical (unpaired) electrons. The van der Waals surface area contributed by atoms with Crippen LogP contribution in [0.4, 0.5) is 11.4 Å². The minimum atomic E-state index is -0.246. The average Bonchev–Trinajstić information content (AvgIpc) is 2.39. The first-order valence-corrected chi connectivity index (χ1v) is 6.31. The molecule has 0 spiro atoms. The number of hydrogen-bond donors (Lipinski definition) is 2. The van der Waals surface area contributed by atoms with Crippen molar-refractivity contribution in [3.8, 4) is 5.75 Å². The zero-order valence-corrected chi connectivity index (χ0v) is 11.6. The van der Waals surface area contributed by atoms with Gasteiger partial charge in [-0.3, -0.25) is 9.78 Å². The number of nitrogens with one attached hydrogen (secondary N) is 1. The van der Waals surface area contributed by atoms with Crippen LogP contribution >= 0.6 is 15.9 Å². The number of anilines is 2. The maximum Gasteiger partial charge on any atom is 0.262 e. The predicted molar refractivity (Wildman–Crippen MR) is 76.9 cm³/mol. The lowest BCUT2D eigenvalue weighted by atomic mass is 10.3. The SMILES string of the molecule is Nc1ccc(NC(=O)COc2cncc(Br)c2)cc1. The molecule has 0 unspecified atom stereocenters. The minimum absolute atomic E-state index is 0.0808. The molecule has 0 fully saturated rings. The van der Waals surface area contributed by atoms with Gasteiger partial charge in [-0.05, 0) is 46.3 Å². The highest BCUT2D eigenvalue weighted by Crippen LogP contribution is 2.16. The summed E-state index contributed by atoms with van der Waals surface area (Å²) in [6.45, 7) is -0.0808. The highest BCUT2D eigenvalue weighted by Gasteiger charge is 2.04. The van der Waals surface area contributed by atoms with Gasteiger partial charge in [0.2, 0.25) is 0 Å². The van der Waals surface area contributed by atoms with E-state index in [4.69, 9.17) is 10.5 Å². The molecule has 0 atom stereocenters. The predicted octanol–water partition coefficient (Wildman–Crippen LogP) is 2.44. The molecule has 1 amide bonds. The Hall–Kier alpha value is -2.08. The standard InChI is InChI=1S/C13H12BrN3O2/c14-9-5-12(7-16-6-9)19-8-13(18)17-11-3-1-10(15)2-4-11/h1-7H,8,15H2,(H,17,18). The van der Waals surface area contributed by atoms with Crippen LogP contribution in [0.2, 0.25) is 0 Å². The minimum Gasteiger partial charge on any atom is -0.482 e. The van der Waals surface area contributed by atoms with Crippen molar-refractivity contribution in [2.24, 2.45) is 0 Å². The van der Waals surface area contributed by atoms with Gasteiger partial charge in [0, 0.05) is 22.0 Å². The maximum absolute atomic E-state index is 11.7. The number of nitrogens with two attached hydrogens (primary N) is 1. The third-order valence-corrected chi connectivity index (χ3v) is 2.68. The number of nitrogen functional groups attached to an aromatic ring is 1. The summed E-state index contributed by atoms with van der Waals surface area (Å²) in [5.74, 6) is 0.284. The zero-order valence-electron chi connectivity index (χ0n) is 9.97. The van der Waals surface area contributed by atoms with Gasteiger partial charge < -0.3 is 15.8 Å². The van der Waals surface area contributed by atoms with Crippen LogP contribution in [-0.4, -0.2) is 17.5 Å². The van der Waals surface area contributed by atoms with Gasteiger partial charge in [0.05, 0.1) is 6.20 Å². The van der Waals surface area contributed by atoms with Gasteiger partial charge in [0.1, 0.15) is 5.75 Å². The van der Waals surface area contributed by atoms with E-state index in [-0.39, 0.29) is 12.5 Å². The van der Waals surface area contributed by atoms with Gasteiger partial charge in [-0.1, -0.05) is 0 Å². The number of pyridine rings is 1. The van der Waals surface area contributed by atoms with Crippen LogP contribution in [0.3, 0.4) is 0 Å². The molecule has 0 aliphatic carbocycles. The van der Waals surface area contributed by atoms with E-state index in [1.54, 1.807) is 42.7 Å². The molecule has 6 heteroatoms. The second-order valence-corrected chi connectivity index (χ2v) is 4.71. The molecule has 1 aromatic heterocycles. The Balaban J connectivity index is 1.86. The van der Waals surface area contributed by atoms with Crippen LogP contribution in [-0.2, 0) is 4.79 Å². The Bertz CT molecular complexity index is 572. The van der Waals surface area contributed by atoms with Crippen LogP contribution in [0.15, 0.2) is 47.2 Å². The molecule has 2 rings (SSSR count). The molecule has 0 aliphatic rings. The van der Waals surface area contributed by atoms with Gasteiger partial charge in [-0.2, -0.15) is 0 Å². The molecule has 5 nitrogen and oxygen atoms in total. The van der Waals surface area contributed by atoms with Crippen molar-refractivity contribution in [3.63, 3.8) is 0 Å². The normalized spacial score (nSPS) is 9.95.